The Labute approximate surface area is 175 Å². The molecule has 0 bridgehead atoms. The van der Waals surface area contributed by atoms with Crippen LogP contribution < -0.4 is 0 Å². The molecule has 1 aromatic heterocycles. The minimum atomic E-state index is -4.41. The summed E-state index contributed by atoms with van der Waals surface area (Å²) in [6, 6.07) is 1.60. The molecule has 5 nitrogen and oxygen atoms in total. The van der Waals surface area contributed by atoms with E-state index in [2.05, 4.69) is 10.00 Å². The van der Waals surface area contributed by atoms with Crippen LogP contribution in [0.5, 0.6) is 0 Å². The Balaban J connectivity index is 1.27. The maximum Gasteiger partial charge on any atom is 0.435 e. The first-order valence-electron chi connectivity index (χ1n) is 11.1. The fraction of sp³-hybridized carbons (Fsp3) is 0.857. The highest BCUT2D eigenvalue weighted by atomic mass is 32.2. The average Bonchev–Trinajstić information content (AvgIpc) is 3.03. The summed E-state index contributed by atoms with van der Waals surface area (Å²) >= 11 is 0. The van der Waals surface area contributed by atoms with Gasteiger partial charge in [-0.05, 0) is 75.8 Å². The molecule has 1 spiro atoms. The summed E-state index contributed by atoms with van der Waals surface area (Å²) in [5, 5.41) is 3.86. The lowest BCUT2D eigenvalue weighted by Gasteiger charge is -2.43. The summed E-state index contributed by atoms with van der Waals surface area (Å²) in [6.07, 6.45) is 0.414. The van der Waals surface area contributed by atoms with E-state index in [4.69, 9.17) is 0 Å². The lowest BCUT2D eigenvalue weighted by molar-refractivity contribution is -0.141. The maximum atomic E-state index is 13.2. The molecule has 0 amide bonds. The number of halogens is 3. The Morgan fingerprint density at radius 2 is 1.90 bits per heavy atom. The second kappa shape index (κ2) is 6.70. The summed E-state index contributed by atoms with van der Waals surface area (Å²) < 4.78 is 65.3. The van der Waals surface area contributed by atoms with Gasteiger partial charge in [0.05, 0.1) is 11.5 Å². The van der Waals surface area contributed by atoms with Gasteiger partial charge in [0.2, 0.25) is 0 Å². The third kappa shape index (κ3) is 3.49. The maximum absolute atomic E-state index is 13.2. The van der Waals surface area contributed by atoms with Crippen LogP contribution >= 0.6 is 0 Å². The first-order chi connectivity index (χ1) is 14.0. The summed E-state index contributed by atoms with van der Waals surface area (Å²) in [6.45, 7) is 5.63. The highest BCUT2D eigenvalue weighted by Crippen LogP contribution is 2.64. The zero-order valence-corrected chi connectivity index (χ0v) is 18.3. The first-order valence-corrected chi connectivity index (χ1v) is 12.9. The van der Waals surface area contributed by atoms with E-state index < -0.39 is 21.7 Å². The van der Waals surface area contributed by atoms with E-state index in [-0.39, 0.29) is 17.4 Å². The smallest absolute Gasteiger partial charge is 0.300 e. The molecule has 4 aliphatic rings. The summed E-state index contributed by atoms with van der Waals surface area (Å²) in [7, 11) is -2.90. The van der Waals surface area contributed by atoms with Crippen molar-refractivity contribution in [2.45, 2.75) is 70.1 Å². The summed E-state index contributed by atoms with van der Waals surface area (Å²) in [5.74, 6) is 1.68. The Morgan fingerprint density at radius 3 is 2.47 bits per heavy atom. The number of alkyl halides is 3. The molecule has 9 heteroatoms. The van der Waals surface area contributed by atoms with Crippen molar-refractivity contribution in [2.24, 2.45) is 17.3 Å². The lowest BCUT2D eigenvalue weighted by atomic mass is 9.79. The lowest BCUT2D eigenvalue weighted by Crippen LogP contribution is -2.48. The molecule has 1 aromatic rings. The van der Waals surface area contributed by atoms with E-state index in [1.54, 1.807) is 4.68 Å². The van der Waals surface area contributed by atoms with Gasteiger partial charge in [0.15, 0.2) is 15.5 Å². The van der Waals surface area contributed by atoms with Gasteiger partial charge >= 0.3 is 6.18 Å². The number of sulfone groups is 1. The normalized spacial score (nSPS) is 38.5. The van der Waals surface area contributed by atoms with E-state index in [1.165, 1.54) is 6.07 Å². The van der Waals surface area contributed by atoms with Crippen LogP contribution in [0.2, 0.25) is 0 Å². The molecule has 0 N–H and O–H groups in total. The molecule has 3 heterocycles. The summed E-state index contributed by atoms with van der Waals surface area (Å²) in [4.78, 5) is 2.49. The average molecular weight is 446 g/mol. The van der Waals surface area contributed by atoms with Gasteiger partial charge in [-0.3, -0.25) is 9.58 Å². The van der Waals surface area contributed by atoms with E-state index in [9.17, 15) is 21.6 Å². The van der Waals surface area contributed by atoms with Crippen LogP contribution in [0.15, 0.2) is 6.07 Å². The van der Waals surface area contributed by atoms with Crippen molar-refractivity contribution in [3.8, 4) is 0 Å². The number of aromatic nitrogens is 2. The third-order valence-corrected chi connectivity index (χ3v) is 9.86. The van der Waals surface area contributed by atoms with Crippen molar-refractivity contribution < 1.29 is 21.6 Å². The monoisotopic (exact) mass is 445 g/mol. The number of rotatable bonds is 3. The van der Waals surface area contributed by atoms with Crippen molar-refractivity contribution in [3.63, 3.8) is 0 Å². The van der Waals surface area contributed by atoms with Crippen molar-refractivity contribution in [3.05, 3.63) is 17.5 Å². The minimum absolute atomic E-state index is 0.0683. The van der Waals surface area contributed by atoms with Gasteiger partial charge < -0.3 is 0 Å². The second-order valence-corrected chi connectivity index (χ2v) is 12.6. The molecule has 0 unspecified atom stereocenters. The molecular formula is C21H30F3N3O2S. The van der Waals surface area contributed by atoms with E-state index in [0.717, 1.165) is 50.9 Å². The van der Waals surface area contributed by atoms with Gasteiger partial charge in [-0.1, -0.05) is 0 Å². The standard InChI is InChI=1S/C21H30F3N3O2S/c1-13(2)27-17(10-18(25-27)21(22,23)24)19-15-8-14(9-16(15)19)26-6-3-4-20(11-26)5-7-30(28,29)12-20/h10,13-16,19H,3-9,11-12H2,1-2H3/t14-,15-,16+,19+,20-/m0/s1. The molecule has 2 saturated carbocycles. The number of hydrogen-bond donors (Lipinski definition) is 0. The number of piperidine rings is 1. The predicted molar refractivity (Wildman–Crippen MR) is 107 cm³/mol. The van der Waals surface area contributed by atoms with Gasteiger partial charge in [-0.15, -0.1) is 0 Å². The van der Waals surface area contributed by atoms with Gasteiger partial charge in [0.25, 0.3) is 0 Å². The number of nitrogens with zero attached hydrogens (tertiary/aromatic N) is 3. The Bertz CT molecular complexity index is 930. The number of likely N-dealkylation sites (tertiary alicyclic amines) is 1. The molecule has 4 fully saturated rings. The van der Waals surface area contributed by atoms with Crippen LogP contribution in [0.3, 0.4) is 0 Å². The zero-order chi connectivity index (χ0) is 21.5. The molecule has 2 aliphatic carbocycles. The quantitative estimate of drug-likeness (QED) is 0.709. The van der Waals surface area contributed by atoms with Crippen molar-refractivity contribution in [2.75, 3.05) is 24.6 Å². The van der Waals surface area contributed by atoms with Crippen LogP contribution in [-0.2, 0) is 16.0 Å². The number of fused-ring (bicyclic) bond motifs is 1. The predicted octanol–water partition coefficient (Wildman–Crippen LogP) is 3.88. The molecule has 2 aliphatic heterocycles. The SMILES string of the molecule is CC(C)n1nc(C(F)(F)F)cc1[C@H]1[C@@H]2C[C@@H](N3CCC[C@]4(CCS(=O)(=O)C4)C3)C[C@@H]21. The molecule has 0 aromatic carbocycles. The van der Waals surface area contributed by atoms with E-state index >= 15 is 0 Å². The van der Waals surface area contributed by atoms with Gasteiger partial charge in [-0.2, -0.15) is 18.3 Å². The van der Waals surface area contributed by atoms with Gasteiger partial charge in [-0.25, -0.2) is 8.42 Å². The van der Waals surface area contributed by atoms with Crippen molar-refractivity contribution in [1.82, 2.24) is 14.7 Å². The van der Waals surface area contributed by atoms with Crippen molar-refractivity contribution in [1.29, 1.82) is 0 Å². The molecule has 0 radical (unpaired) electrons. The topological polar surface area (TPSA) is 55.2 Å². The van der Waals surface area contributed by atoms with Crippen LogP contribution in [0.4, 0.5) is 13.2 Å². The van der Waals surface area contributed by atoms with E-state index in [1.807, 2.05) is 13.8 Å². The zero-order valence-electron chi connectivity index (χ0n) is 17.5. The third-order valence-electron chi connectivity index (χ3n) is 7.98. The minimum Gasteiger partial charge on any atom is -0.300 e. The summed E-state index contributed by atoms with van der Waals surface area (Å²) in [5.41, 5.74) is -0.114. The van der Waals surface area contributed by atoms with Crippen LogP contribution in [0, 0.1) is 17.3 Å². The van der Waals surface area contributed by atoms with Gasteiger partial charge in [0, 0.05) is 30.2 Å². The molecule has 2 saturated heterocycles. The van der Waals surface area contributed by atoms with Crippen LogP contribution in [0.1, 0.15) is 69.3 Å². The second-order valence-electron chi connectivity index (χ2n) is 10.4. The van der Waals surface area contributed by atoms with E-state index in [0.29, 0.717) is 29.4 Å². The Kier molecular flexibility index (Phi) is 4.65. The van der Waals surface area contributed by atoms with Crippen molar-refractivity contribution >= 4 is 9.84 Å². The van der Waals surface area contributed by atoms with Crippen LogP contribution in [0.25, 0.3) is 0 Å². The molecule has 5 atom stereocenters. The molecule has 30 heavy (non-hydrogen) atoms. The Morgan fingerprint density at radius 1 is 1.20 bits per heavy atom. The molecular weight excluding hydrogens is 415 g/mol. The number of hydrogen-bond acceptors (Lipinski definition) is 4. The highest BCUT2D eigenvalue weighted by Gasteiger charge is 2.60. The fourth-order valence-electron chi connectivity index (χ4n) is 6.62. The largest absolute Gasteiger partial charge is 0.435 e. The first kappa shape index (κ1) is 20.8. The highest BCUT2D eigenvalue weighted by molar-refractivity contribution is 7.91. The van der Waals surface area contributed by atoms with Gasteiger partial charge in [0.1, 0.15) is 0 Å². The molecule has 5 rings (SSSR count). The Hall–Kier alpha value is -1.09. The van der Waals surface area contributed by atoms with Crippen LogP contribution in [-0.4, -0.2) is 53.7 Å². The molecule has 168 valence electrons. The fourth-order valence-corrected chi connectivity index (χ4v) is 8.82.